The molecule has 1 amide bonds. The molecule has 28 heavy (non-hydrogen) atoms. The summed E-state index contributed by atoms with van der Waals surface area (Å²) in [5.41, 5.74) is 3.35. The molecule has 3 rings (SSSR count). The SMILES string of the molecule is Cc1ccc(-c2nc(C[S@@](=O)CC(=O)NCc3ccc(F)cc3)c(C)o2)cc1. The van der Waals surface area contributed by atoms with E-state index < -0.39 is 10.8 Å². The highest BCUT2D eigenvalue weighted by atomic mass is 32.2. The van der Waals surface area contributed by atoms with E-state index in [4.69, 9.17) is 4.42 Å². The first kappa shape index (κ1) is 19.9. The van der Waals surface area contributed by atoms with Gasteiger partial charge in [0.15, 0.2) is 0 Å². The highest BCUT2D eigenvalue weighted by Crippen LogP contribution is 2.22. The van der Waals surface area contributed by atoms with Crippen LogP contribution in [0.15, 0.2) is 52.9 Å². The Kier molecular flexibility index (Phi) is 6.36. The maximum atomic E-state index is 12.9. The minimum absolute atomic E-state index is 0.132. The van der Waals surface area contributed by atoms with Crippen LogP contribution in [0.4, 0.5) is 4.39 Å². The molecular weight excluding hydrogens is 379 g/mol. The summed E-state index contributed by atoms with van der Waals surface area (Å²) in [5.74, 6) is 0.422. The predicted molar refractivity (Wildman–Crippen MR) is 106 cm³/mol. The van der Waals surface area contributed by atoms with Crippen molar-refractivity contribution in [3.05, 3.63) is 76.9 Å². The van der Waals surface area contributed by atoms with Crippen molar-refractivity contribution < 1.29 is 17.8 Å². The van der Waals surface area contributed by atoms with E-state index in [2.05, 4.69) is 10.3 Å². The van der Waals surface area contributed by atoms with Crippen LogP contribution in [0, 0.1) is 19.7 Å². The van der Waals surface area contributed by atoms with Crippen LogP contribution in [-0.4, -0.2) is 20.9 Å². The van der Waals surface area contributed by atoms with Crippen LogP contribution < -0.4 is 5.32 Å². The molecule has 1 atom stereocenters. The molecule has 1 heterocycles. The number of hydrogen-bond acceptors (Lipinski definition) is 4. The minimum Gasteiger partial charge on any atom is -0.441 e. The van der Waals surface area contributed by atoms with Crippen molar-refractivity contribution in [3.63, 3.8) is 0 Å². The summed E-state index contributed by atoms with van der Waals surface area (Å²) < 4.78 is 30.9. The normalized spacial score (nSPS) is 12.0. The topological polar surface area (TPSA) is 72.2 Å². The van der Waals surface area contributed by atoms with Crippen molar-refractivity contribution in [1.29, 1.82) is 0 Å². The zero-order valence-electron chi connectivity index (χ0n) is 15.7. The lowest BCUT2D eigenvalue weighted by Gasteiger charge is -2.05. The number of carbonyl (C=O) groups excluding carboxylic acids is 1. The smallest absolute Gasteiger partial charge is 0.232 e. The van der Waals surface area contributed by atoms with Crippen molar-refractivity contribution in [2.45, 2.75) is 26.1 Å². The highest BCUT2D eigenvalue weighted by molar-refractivity contribution is 7.84. The number of nitrogens with one attached hydrogen (secondary N) is 1. The Labute approximate surface area is 165 Å². The number of rotatable bonds is 7. The van der Waals surface area contributed by atoms with Crippen LogP contribution in [0.1, 0.15) is 22.6 Å². The van der Waals surface area contributed by atoms with Crippen molar-refractivity contribution in [1.82, 2.24) is 10.3 Å². The lowest BCUT2D eigenvalue weighted by Crippen LogP contribution is -2.28. The zero-order chi connectivity index (χ0) is 20.1. The maximum absolute atomic E-state index is 12.9. The molecule has 0 aliphatic carbocycles. The van der Waals surface area contributed by atoms with Crippen LogP contribution in [0.2, 0.25) is 0 Å². The van der Waals surface area contributed by atoms with Crippen LogP contribution in [0.25, 0.3) is 11.5 Å². The van der Waals surface area contributed by atoms with E-state index >= 15 is 0 Å². The summed E-state index contributed by atoms with van der Waals surface area (Å²) >= 11 is 0. The van der Waals surface area contributed by atoms with E-state index in [1.807, 2.05) is 31.2 Å². The van der Waals surface area contributed by atoms with Crippen molar-refractivity contribution >= 4 is 16.7 Å². The Balaban J connectivity index is 1.55. The van der Waals surface area contributed by atoms with Gasteiger partial charge in [0.05, 0.1) is 11.4 Å². The fraction of sp³-hybridized carbons (Fsp3) is 0.238. The van der Waals surface area contributed by atoms with Gasteiger partial charge in [-0.05, 0) is 43.7 Å². The van der Waals surface area contributed by atoms with Gasteiger partial charge in [0.1, 0.15) is 17.3 Å². The minimum atomic E-state index is -1.41. The molecule has 0 radical (unpaired) electrons. The van der Waals surface area contributed by atoms with E-state index in [0.717, 1.165) is 16.7 Å². The monoisotopic (exact) mass is 400 g/mol. The third kappa shape index (κ3) is 5.36. The largest absolute Gasteiger partial charge is 0.441 e. The molecule has 7 heteroatoms. The summed E-state index contributed by atoms with van der Waals surface area (Å²) in [5, 5.41) is 2.69. The van der Waals surface area contributed by atoms with Crippen LogP contribution in [-0.2, 0) is 27.9 Å². The number of nitrogens with zero attached hydrogens (tertiary/aromatic N) is 1. The molecule has 3 aromatic rings. The molecule has 1 aromatic heterocycles. The molecule has 1 N–H and O–H groups in total. The standard InChI is InChI=1S/C21H21FN2O3S/c1-14-3-7-17(8-4-14)21-24-19(15(2)27-21)12-28(26)13-20(25)23-11-16-5-9-18(22)10-6-16/h3-10H,11-13H2,1-2H3,(H,23,25)/t28-/m1/s1. The lowest BCUT2D eigenvalue weighted by molar-refractivity contribution is -0.118. The van der Waals surface area contributed by atoms with Crippen molar-refractivity contribution in [3.8, 4) is 11.5 Å². The third-order valence-corrected chi connectivity index (χ3v) is 5.36. The van der Waals surface area contributed by atoms with Crippen molar-refractivity contribution in [2.75, 3.05) is 5.75 Å². The number of benzene rings is 2. The van der Waals surface area contributed by atoms with Gasteiger partial charge in [0, 0.05) is 22.9 Å². The first-order valence-corrected chi connectivity index (χ1v) is 10.3. The number of aromatic nitrogens is 1. The van der Waals surface area contributed by atoms with Gasteiger partial charge < -0.3 is 9.73 Å². The van der Waals surface area contributed by atoms with Gasteiger partial charge in [-0.1, -0.05) is 29.8 Å². The summed E-state index contributed by atoms with van der Waals surface area (Å²) in [6.45, 7) is 4.03. The summed E-state index contributed by atoms with van der Waals surface area (Å²) in [4.78, 5) is 16.4. The zero-order valence-corrected chi connectivity index (χ0v) is 16.5. The molecular formula is C21H21FN2O3S. The van der Waals surface area contributed by atoms with Crippen LogP contribution >= 0.6 is 0 Å². The van der Waals surface area contributed by atoms with Crippen LogP contribution in [0.3, 0.4) is 0 Å². The van der Waals surface area contributed by atoms with E-state index in [9.17, 15) is 13.4 Å². The fourth-order valence-corrected chi connectivity index (χ4v) is 3.65. The number of carbonyl (C=O) groups is 1. The number of amides is 1. The number of hydrogen-bond donors (Lipinski definition) is 1. The highest BCUT2D eigenvalue weighted by Gasteiger charge is 2.16. The van der Waals surface area contributed by atoms with Gasteiger partial charge in [-0.25, -0.2) is 9.37 Å². The van der Waals surface area contributed by atoms with Crippen LogP contribution in [0.5, 0.6) is 0 Å². The van der Waals surface area contributed by atoms with E-state index in [0.29, 0.717) is 17.3 Å². The molecule has 0 saturated carbocycles. The second-order valence-corrected chi connectivity index (χ2v) is 7.98. The predicted octanol–water partition coefficient (Wildman–Crippen LogP) is 3.66. The molecule has 0 aliphatic heterocycles. The van der Waals surface area contributed by atoms with Gasteiger partial charge >= 0.3 is 0 Å². The Morgan fingerprint density at radius 2 is 1.79 bits per heavy atom. The average Bonchev–Trinajstić information content (AvgIpc) is 3.02. The Morgan fingerprint density at radius 3 is 2.46 bits per heavy atom. The third-order valence-electron chi connectivity index (χ3n) is 4.18. The second-order valence-electron chi connectivity index (χ2n) is 6.52. The lowest BCUT2D eigenvalue weighted by atomic mass is 10.1. The number of oxazole rings is 1. The maximum Gasteiger partial charge on any atom is 0.232 e. The molecule has 0 fully saturated rings. The van der Waals surface area contributed by atoms with Gasteiger partial charge in [-0.2, -0.15) is 0 Å². The van der Waals surface area contributed by atoms with Gasteiger partial charge in [-0.3, -0.25) is 9.00 Å². The van der Waals surface area contributed by atoms with E-state index in [1.54, 1.807) is 19.1 Å². The molecule has 0 aliphatic rings. The quantitative estimate of drug-likeness (QED) is 0.657. The van der Waals surface area contributed by atoms with Gasteiger partial charge in [0.25, 0.3) is 0 Å². The first-order chi connectivity index (χ1) is 13.4. The molecule has 0 spiro atoms. The Morgan fingerprint density at radius 1 is 1.11 bits per heavy atom. The average molecular weight is 400 g/mol. The summed E-state index contributed by atoms with van der Waals surface area (Å²) in [7, 11) is -1.41. The summed E-state index contributed by atoms with van der Waals surface area (Å²) in [6.07, 6.45) is 0. The van der Waals surface area contributed by atoms with Gasteiger partial charge in [0.2, 0.25) is 11.8 Å². The first-order valence-electron chi connectivity index (χ1n) is 8.80. The molecule has 5 nitrogen and oxygen atoms in total. The number of aryl methyl sites for hydroxylation is 2. The molecule has 0 unspecified atom stereocenters. The second kappa shape index (κ2) is 8.93. The molecule has 0 bridgehead atoms. The molecule has 2 aromatic carbocycles. The summed E-state index contributed by atoms with van der Waals surface area (Å²) in [6, 6.07) is 13.6. The Bertz CT molecular complexity index is 982. The fourth-order valence-electron chi connectivity index (χ4n) is 2.59. The number of halogens is 1. The molecule has 146 valence electrons. The van der Waals surface area contributed by atoms with E-state index in [-0.39, 0.29) is 29.8 Å². The Hall–Kier alpha value is -2.80. The molecule has 0 saturated heterocycles. The van der Waals surface area contributed by atoms with Gasteiger partial charge in [-0.15, -0.1) is 0 Å². The van der Waals surface area contributed by atoms with Crippen molar-refractivity contribution in [2.24, 2.45) is 0 Å². The van der Waals surface area contributed by atoms with E-state index in [1.165, 1.54) is 12.1 Å².